The zero-order valence-corrected chi connectivity index (χ0v) is 15.5. The maximum atomic E-state index is 8.99. The fourth-order valence-corrected chi connectivity index (χ4v) is 3.28. The lowest BCUT2D eigenvalue weighted by Gasteiger charge is -2.39. The predicted octanol–water partition coefficient (Wildman–Crippen LogP) is 5.06. The smallest absolute Gasteiger partial charge is 0.193 e. The maximum absolute atomic E-state index is 8.99. The molecule has 0 saturated heterocycles. The van der Waals surface area contributed by atoms with Gasteiger partial charge in [-0.25, -0.2) is 0 Å². The van der Waals surface area contributed by atoms with Gasteiger partial charge in [0.15, 0.2) is 8.32 Å². The summed E-state index contributed by atoms with van der Waals surface area (Å²) >= 11 is 0. The Hall–Kier alpha value is -1.96. The molecule has 1 aromatic carbocycles. The molecule has 3 nitrogen and oxygen atoms in total. The molecule has 0 aliphatic rings. The van der Waals surface area contributed by atoms with Crippen LogP contribution in [0, 0.1) is 11.3 Å². The molecule has 120 valence electrons. The summed E-state index contributed by atoms with van der Waals surface area (Å²) in [4.78, 5) is 4.24. The van der Waals surface area contributed by atoms with Crippen LogP contribution in [-0.4, -0.2) is 13.3 Å². The fourth-order valence-electron chi connectivity index (χ4n) is 2.06. The van der Waals surface area contributed by atoms with Crippen LogP contribution in [-0.2, 0) is 4.43 Å². The largest absolute Gasteiger partial charge is 0.406 e. The molecule has 23 heavy (non-hydrogen) atoms. The van der Waals surface area contributed by atoms with Crippen molar-refractivity contribution < 1.29 is 4.43 Å². The molecule has 1 unspecified atom stereocenters. The van der Waals surface area contributed by atoms with Crippen molar-refractivity contribution in [3.8, 4) is 6.07 Å². The van der Waals surface area contributed by atoms with E-state index in [9.17, 15) is 0 Å². The van der Waals surface area contributed by atoms with Crippen LogP contribution < -0.4 is 0 Å². The van der Waals surface area contributed by atoms with Crippen molar-refractivity contribution in [3.05, 3.63) is 65.5 Å². The van der Waals surface area contributed by atoms with Crippen LogP contribution in [0.3, 0.4) is 0 Å². The van der Waals surface area contributed by atoms with E-state index in [1.807, 2.05) is 42.6 Å². The summed E-state index contributed by atoms with van der Waals surface area (Å²) in [7, 11) is -1.95. The van der Waals surface area contributed by atoms with E-state index in [0.717, 1.165) is 11.1 Å². The first-order valence-electron chi connectivity index (χ1n) is 7.82. The van der Waals surface area contributed by atoms with E-state index in [-0.39, 0.29) is 11.1 Å². The van der Waals surface area contributed by atoms with Gasteiger partial charge >= 0.3 is 0 Å². The van der Waals surface area contributed by atoms with Crippen LogP contribution in [0.25, 0.3) is 0 Å². The summed E-state index contributed by atoms with van der Waals surface area (Å²) in [5.74, 6) is 0. The van der Waals surface area contributed by atoms with Gasteiger partial charge in [0.05, 0.1) is 17.7 Å². The predicted molar refractivity (Wildman–Crippen MR) is 95.5 cm³/mol. The lowest BCUT2D eigenvalue weighted by molar-refractivity contribution is 0.221. The quantitative estimate of drug-likeness (QED) is 0.738. The molecule has 0 saturated carbocycles. The average Bonchev–Trinajstić information content (AvgIpc) is 2.52. The molecule has 0 bridgehead atoms. The average molecular weight is 325 g/mol. The monoisotopic (exact) mass is 324 g/mol. The van der Waals surface area contributed by atoms with E-state index in [0.29, 0.717) is 5.56 Å². The fraction of sp³-hybridized carbons (Fsp3) is 0.368. The van der Waals surface area contributed by atoms with Gasteiger partial charge in [-0.1, -0.05) is 39.0 Å². The normalized spacial score (nSPS) is 13.4. The molecule has 0 aliphatic heterocycles. The second-order valence-corrected chi connectivity index (χ2v) is 12.0. The second-order valence-electron chi connectivity index (χ2n) is 7.28. The zero-order valence-electron chi connectivity index (χ0n) is 14.5. The SMILES string of the molecule is CC(C)(C)[Si](C)(C)OC(c1ccc(C#N)cc1)c1cccnc1. The van der Waals surface area contributed by atoms with Gasteiger partial charge in [-0.2, -0.15) is 5.26 Å². The Labute approximate surface area is 140 Å². The molecule has 0 amide bonds. The highest BCUT2D eigenvalue weighted by atomic mass is 28.4. The molecule has 2 aromatic rings. The first-order chi connectivity index (χ1) is 10.7. The highest BCUT2D eigenvalue weighted by Gasteiger charge is 2.39. The van der Waals surface area contributed by atoms with Crippen molar-refractivity contribution in [2.75, 3.05) is 0 Å². The van der Waals surface area contributed by atoms with E-state index < -0.39 is 8.32 Å². The third-order valence-corrected chi connectivity index (χ3v) is 8.99. The molecule has 0 radical (unpaired) electrons. The van der Waals surface area contributed by atoms with Crippen LogP contribution in [0.4, 0.5) is 0 Å². The molecule has 4 heteroatoms. The molecule has 1 aromatic heterocycles. The van der Waals surface area contributed by atoms with Gasteiger partial charge in [-0.15, -0.1) is 0 Å². The number of nitrogens with zero attached hydrogens (tertiary/aromatic N) is 2. The summed E-state index contributed by atoms with van der Waals surface area (Å²) in [6.45, 7) is 11.2. The Morgan fingerprint density at radius 3 is 2.22 bits per heavy atom. The highest BCUT2D eigenvalue weighted by molar-refractivity contribution is 6.74. The van der Waals surface area contributed by atoms with Gasteiger partial charge < -0.3 is 4.43 Å². The molecule has 0 spiro atoms. The number of aromatic nitrogens is 1. The molecular weight excluding hydrogens is 300 g/mol. The summed E-state index contributed by atoms with van der Waals surface area (Å²) < 4.78 is 6.66. The maximum Gasteiger partial charge on any atom is 0.193 e. The molecule has 0 fully saturated rings. The minimum Gasteiger partial charge on any atom is -0.406 e. The van der Waals surface area contributed by atoms with Gasteiger partial charge in [0.25, 0.3) is 0 Å². The highest BCUT2D eigenvalue weighted by Crippen LogP contribution is 2.41. The first-order valence-corrected chi connectivity index (χ1v) is 10.7. The van der Waals surface area contributed by atoms with Crippen molar-refractivity contribution in [2.45, 2.75) is 45.0 Å². The first kappa shape index (κ1) is 17.4. The van der Waals surface area contributed by atoms with Crippen LogP contribution >= 0.6 is 0 Å². The number of pyridine rings is 1. The van der Waals surface area contributed by atoms with Crippen molar-refractivity contribution in [2.24, 2.45) is 0 Å². The Morgan fingerprint density at radius 1 is 1.09 bits per heavy atom. The van der Waals surface area contributed by atoms with Crippen LogP contribution in [0.1, 0.15) is 43.6 Å². The van der Waals surface area contributed by atoms with E-state index in [4.69, 9.17) is 9.69 Å². The minimum atomic E-state index is -1.95. The topological polar surface area (TPSA) is 45.9 Å². The van der Waals surface area contributed by atoms with E-state index in [1.165, 1.54) is 0 Å². The Kier molecular flexibility index (Phi) is 5.03. The number of hydrogen-bond acceptors (Lipinski definition) is 3. The Morgan fingerprint density at radius 2 is 1.74 bits per heavy atom. The van der Waals surface area contributed by atoms with E-state index in [2.05, 4.69) is 44.9 Å². The number of rotatable bonds is 4. The van der Waals surface area contributed by atoms with Crippen molar-refractivity contribution in [1.29, 1.82) is 5.26 Å². The Bertz CT molecular complexity index is 682. The number of benzene rings is 1. The molecule has 0 N–H and O–H groups in total. The van der Waals surface area contributed by atoms with Crippen molar-refractivity contribution in [3.63, 3.8) is 0 Å². The molecular formula is C19H24N2OSi. The lowest BCUT2D eigenvalue weighted by atomic mass is 10.0. The summed E-state index contributed by atoms with van der Waals surface area (Å²) in [5, 5.41) is 9.12. The summed E-state index contributed by atoms with van der Waals surface area (Å²) in [6, 6.07) is 13.8. The van der Waals surface area contributed by atoms with Gasteiger partial charge in [-0.3, -0.25) is 4.98 Å². The minimum absolute atomic E-state index is 0.125. The van der Waals surface area contributed by atoms with Crippen LogP contribution in [0.5, 0.6) is 0 Å². The number of nitriles is 1. The zero-order chi connectivity index (χ0) is 17.1. The van der Waals surface area contributed by atoms with Crippen molar-refractivity contribution in [1.82, 2.24) is 4.98 Å². The van der Waals surface area contributed by atoms with Gasteiger partial charge in [0.1, 0.15) is 0 Å². The van der Waals surface area contributed by atoms with Crippen molar-refractivity contribution >= 4 is 8.32 Å². The third kappa shape index (κ3) is 4.07. The van der Waals surface area contributed by atoms with Gasteiger partial charge in [0.2, 0.25) is 0 Å². The van der Waals surface area contributed by atoms with Gasteiger partial charge in [0, 0.05) is 18.0 Å². The molecule has 2 rings (SSSR count). The third-order valence-electron chi connectivity index (χ3n) is 4.55. The number of hydrogen-bond donors (Lipinski definition) is 0. The van der Waals surface area contributed by atoms with Gasteiger partial charge in [-0.05, 0) is 41.9 Å². The molecule has 1 atom stereocenters. The van der Waals surface area contributed by atoms with Crippen LogP contribution in [0.2, 0.25) is 18.1 Å². The molecule has 1 heterocycles. The van der Waals surface area contributed by atoms with E-state index >= 15 is 0 Å². The van der Waals surface area contributed by atoms with E-state index in [1.54, 1.807) is 6.20 Å². The molecule has 0 aliphatic carbocycles. The second kappa shape index (κ2) is 6.65. The summed E-state index contributed by atoms with van der Waals surface area (Å²) in [5.41, 5.74) is 2.76. The lowest BCUT2D eigenvalue weighted by Crippen LogP contribution is -2.42. The summed E-state index contributed by atoms with van der Waals surface area (Å²) in [6.07, 6.45) is 3.47. The van der Waals surface area contributed by atoms with Crippen LogP contribution in [0.15, 0.2) is 48.8 Å². The standard InChI is InChI=1S/C19H24N2OSi/c1-19(2,3)23(4,5)22-18(17-7-6-12-21-14-17)16-10-8-15(13-20)9-11-16/h6-12,14,18H,1-5H3. The Balaban J connectivity index is 2.42.